The van der Waals surface area contributed by atoms with Crippen LogP contribution in [0.25, 0.3) is 0 Å². The van der Waals surface area contributed by atoms with Crippen molar-refractivity contribution in [1.82, 2.24) is 5.32 Å². The number of aliphatic hydroxyl groups excluding tert-OH is 1. The first kappa shape index (κ1) is 17.6. The smallest absolute Gasteiger partial charge is 0.166 e. The van der Waals surface area contributed by atoms with E-state index in [1.807, 2.05) is 37.3 Å². The van der Waals surface area contributed by atoms with Crippen LogP contribution in [0, 0.1) is 0 Å². The van der Waals surface area contributed by atoms with E-state index in [9.17, 15) is 9.90 Å². The van der Waals surface area contributed by atoms with E-state index in [-0.39, 0.29) is 11.8 Å². The number of rotatable bonds is 7. The molecule has 1 aliphatic rings. The fourth-order valence-electron chi connectivity index (χ4n) is 3.34. The molecule has 2 aromatic carbocycles. The van der Waals surface area contributed by atoms with Gasteiger partial charge in [-0.2, -0.15) is 0 Å². The molecule has 132 valence electrons. The summed E-state index contributed by atoms with van der Waals surface area (Å²) in [5.74, 6) is 0.633. The van der Waals surface area contributed by atoms with Gasteiger partial charge in [0, 0.05) is 19.0 Å². The molecular formula is C21H25NO3. The fraction of sp³-hybridized carbons (Fsp3) is 0.381. The van der Waals surface area contributed by atoms with Gasteiger partial charge in [0.15, 0.2) is 5.78 Å². The van der Waals surface area contributed by atoms with Crippen LogP contribution in [-0.4, -0.2) is 29.6 Å². The lowest BCUT2D eigenvalue weighted by Gasteiger charge is -2.29. The van der Waals surface area contributed by atoms with Crippen molar-refractivity contribution in [1.29, 1.82) is 0 Å². The van der Waals surface area contributed by atoms with E-state index in [2.05, 4.69) is 17.4 Å². The van der Waals surface area contributed by atoms with Gasteiger partial charge in [0.25, 0.3) is 0 Å². The molecule has 0 amide bonds. The number of ether oxygens (including phenoxy) is 1. The first-order valence-electron chi connectivity index (χ1n) is 8.92. The van der Waals surface area contributed by atoms with Crippen molar-refractivity contribution in [2.75, 3.05) is 6.61 Å². The van der Waals surface area contributed by atoms with Gasteiger partial charge in [0.2, 0.25) is 0 Å². The molecule has 1 aliphatic heterocycles. The van der Waals surface area contributed by atoms with E-state index in [1.54, 1.807) is 6.07 Å². The van der Waals surface area contributed by atoms with Crippen molar-refractivity contribution in [3.8, 4) is 5.75 Å². The van der Waals surface area contributed by atoms with E-state index in [0.29, 0.717) is 30.8 Å². The Balaban J connectivity index is 1.58. The zero-order valence-electron chi connectivity index (χ0n) is 14.6. The van der Waals surface area contributed by atoms with Crippen molar-refractivity contribution in [2.45, 2.75) is 44.9 Å². The predicted molar refractivity (Wildman–Crippen MR) is 98.0 cm³/mol. The second-order valence-corrected chi connectivity index (χ2v) is 6.42. The summed E-state index contributed by atoms with van der Waals surface area (Å²) in [6.45, 7) is 3.19. The monoisotopic (exact) mass is 339 g/mol. The van der Waals surface area contributed by atoms with E-state index in [0.717, 1.165) is 13.0 Å². The third-order valence-electron chi connectivity index (χ3n) is 4.73. The maximum Gasteiger partial charge on any atom is 0.166 e. The summed E-state index contributed by atoms with van der Waals surface area (Å²) in [6.07, 6.45) is 1.00. The average molecular weight is 339 g/mol. The summed E-state index contributed by atoms with van der Waals surface area (Å²) < 4.78 is 5.52. The van der Waals surface area contributed by atoms with Gasteiger partial charge in [0.05, 0.1) is 18.3 Å². The molecule has 2 N–H and O–H groups in total. The number of carbonyl (C=O) groups excluding carboxylic acids is 1. The van der Waals surface area contributed by atoms with Crippen molar-refractivity contribution in [3.63, 3.8) is 0 Å². The van der Waals surface area contributed by atoms with Gasteiger partial charge >= 0.3 is 0 Å². The molecule has 0 saturated carbocycles. The highest BCUT2D eigenvalue weighted by Gasteiger charge is 2.25. The number of para-hydroxylation sites is 1. The number of hydrogen-bond acceptors (Lipinski definition) is 4. The summed E-state index contributed by atoms with van der Waals surface area (Å²) in [5.41, 5.74) is 3.16. The minimum atomic E-state index is -0.545. The van der Waals surface area contributed by atoms with Crippen LogP contribution in [0.4, 0.5) is 0 Å². The number of ketones is 1. The lowest BCUT2D eigenvalue weighted by molar-refractivity contribution is 0.0874. The quantitative estimate of drug-likeness (QED) is 0.761. The van der Waals surface area contributed by atoms with Crippen LogP contribution in [0.1, 0.15) is 41.3 Å². The third-order valence-corrected chi connectivity index (χ3v) is 4.73. The second kappa shape index (κ2) is 8.28. The molecule has 1 heterocycles. The highest BCUT2D eigenvalue weighted by molar-refractivity contribution is 5.98. The second-order valence-electron chi connectivity index (χ2n) is 6.42. The summed E-state index contributed by atoms with van der Waals surface area (Å²) in [6, 6.07) is 15.6. The Labute approximate surface area is 148 Å². The van der Waals surface area contributed by atoms with Crippen LogP contribution in [0.15, 0.2) is 48.5 Å². The number of carbonyl (C=O) groups is 1. The zero-order chi connectivity index (χ0) is 17.6. The first-order valence-corrected chi connectivity index (χ1v) is 8.92. The molecule has 0 bridgehead atoms. The van der Waals surface area contributed by atoms with Crippen LogP contribution in [-0.2, 0) is 13.0 Å². The number of Topliss-reactive ketones (excluding diaryl/α,β-unsaturated/α-hetero) is 1. The largest absolute Gasteiger partial charge is 0.493 e. The normalized spacial score (nSPS) is 17.6. The first-order chi connectivity index (χ1) is 12.2. The zero-order valence-corrected chi connectivity index (χ0v) is 14.6. The van der Waals surface area contributed by atoms with Gasteiger partial charge in [-0.25, -0.2) is 0 Å². The van der Waals surface area contributed by atoms with Gasteiger partial charge < -0.3 is 15.2 Å². The topological polar surface area (TPSA) is 58.6 Å². The number of nitrogens with one attached hydrogen (secondary N) is 1. The van der Waals surface area contributed by atoms with Crippen molar-refractivity contribution in [3.05, 3.63) is 65.2 Å². The Hall–Kier alpha value is -2.17. The van der Waals surface area contributed by atoms with Gasteiger partial charge in [-0.15, -0.1) is 0 Å². The minimum Gasteiger partial charge on any atom is -0.493 e. The summed E-state index contributed by atoms with van der Waals surface area (Å²) in [5, 5.41) is 13.9. The van der Waals surface area contributed by atoms with Crippen molar-refractivity contribution < 1.29 is 14.6 Å². The fourth-order valence-corrected chi connectivity index (χ4v) is 3.34. The van der Waals surface area contributed by atoms with Crippen LogP contribution in [0.3, 0.4) is 0 Å². The number of benzene rings is 2. The molecule has 25 heavy (non-hydrogen) atoms. The number of aliphatic hydroxyl groups is 1. The van der Waals surface area contributed by atoms with Crippen LogP contribution >= 0.6 is 0 Å². The van der Waals surface area contributed by atoms with Crippen molar-refractivity contribution in [2.24, 2.45) is 0 Å². The lowest BCUT2D eigenvalue weighted by atomic mass is 9.90. The van der Waals surface area contributed by atoms with E-state index < -0.39 is 6.10 Å². The standard InChI is InChI=1S/C21H25NO3/c1-2-25-21-10-6-5-9-17(21)19(23)11-12-20(24)18-13-15-7-3-4-8-16(15)14-22-18/h3-10,18,20,22,24H,2,11-14H2,1H3/t18-,20+/m0/s1. The number of fused-ring (bicyclic) bond motifs is 1. The maximum absolute atomic E-state index is 12.5. The number of hydrogen-bond donors (Lipinski definition) is 2. The highest BCUT2D eigenvalue weighted by atomic mass is 16.5. The molecule has 0 fully saturated rings. The van der Waals surface area contributed by atoms with Gasteiger partial charge in [-0.1, -0.05) is 36.4 Å². The summed E-state index contributed by atoms with van der Waals surface area (Å²) >= 11 is 0. The van der Waals surface area contributed by atoms with Gasteiger partial charge in [-0.05, 0) is 43.0 Å². The SMILES string of the molecule is CCOc1ccccc1C(=O)CC[C@@H](O)[C@@H]1Cc2ccccc2CN1. The highest BCUT2D eigenvalue weighted by Crippen LogP contribution is 2.23. The van der Waals surface area contributed by atoms with Gasteiger partial charge in [-0.3, -0.25) is 4.79 Å². The molecule has 2 atom stereocenters. The van der Waals surface area contributed by atoms with E-state index in [1.165, 1.54) is 11.1 Å². The molecule has 4 nitrogen and oxygen atoms in total. The summed E-state index contributed by atoms with van der Waals surface area (Å²) in [7, 11) is 0. The Morgan fingerprint density at radius 3 is 2.72 bits per heavy atom. The van der Waals surface area contributed by atoms with Crippen LogP contribution in [0.2, 0.25) is 0 Å². The Bertz CT molecular complexity index is 729. The predicted octanol–water partition coefficient (Wildman–Crippen LogP) is 3.12. The maximum atomic E-state index is 12.5. The minimum absolute atomic E-state index is 0.00941. The molecule has 0 aliphatic carbocycles. The third kappa shape index (κ3) is 4.27. The van der Waals surface area contributed by atoms with Crippen LogP contribution < -0.4 is 10.1 Å². The lowest BCUT2D eigenvalue weighted by Crippen LogP contribution is -2.44. The Morgan fingerprint density at radius 1 is 1.20 bits per heavy atom. The average Bonchev–Trinajstić information content (AvgIpc) is 2.66. The molecule has 0 unspecified atom stereocenters. The van der Waals surface area contributed by atoms with E-state index in [4.69, 9.17) is 4.74 Å². The van der Waals surface area contributed by atoms with E-state index >= 15 is 0 Å². The molecule has 0 spiro atoms. The molecule has 4 heteroatoms. The Morgan fingerprint density at radius 2 is 1.92 bits per heavy atom. The Kier molecular flexibility index (Phi) is 5.84. The van der Waals surface area contributed by atoms with Crippen molar-refractivity contribution >= 4 is 5.78 Å². The molecule has 0 radical (unpaired) electrons. The van der Waals surface area contributed by atoms with Crippen LogP contribution in [0.5, 0.6) is 5.75 Å². The molecular weight excluding hydrogens is 314 g/mol. The molecule has 0 saturated heterocycles. The van der Waals surface area contributed by atoms with Gasteiger partial charge in [0.1, 0.15) is 5.75 Å². The molecule has 0 aromatic heterocycles. The molecule has 2 aromatic rings. The molecule has 3 rings (SSSR count). The summed E-state index contributed by atoms with van der Waals surface area (Å²) in [4.78, 5) is 12.5.